The van der Waals surface area contributed by atoms with Gasteiger partial charge in [-0.3, -0.25) is 14.4 Å². The van der Waals surface area contributed by atoms with Crippen LogP contribution >= 0.6 is 0 Å². The Balaban J connectivity index is -0.000000759. The fourth-order valence-corrected chi connectivity index (χ4v) is 4.18. The summed E-state index contributed by atoms with van der Waals surface area (Å²) in [5.41, 5.74) is 1.77. The number of ketones is 1. The molecule has 1 fully saturated rings. The highest BCUT2D eigenvalue weighted by Crippen LogP contribution is 2.17. The summed E-state index contributed by atoms with van der Waals surface area (Å²) in [5.74, 6) is -0.366. The van der Waals surface area contributed by atoms with Gasteiger partial charge in [-0.2, -0.15) is 0 Å². The summed E-state index contributed by atoms with van der Waals surface area (Å²) >= 11 is 0. The van der Waals surface area contributed by atoms with Gasteiger partial charge in [-0.05, 0) is 63.5 Å². The Morgan fingerprint density at radius 1 is 0.907 bits per heavy atom. The largest absolute Gasteiger partial charge is 0.497 e. The number of aliphatic hydroxyl groups excluding tert-OH is 1. The normalized spacial score (nSPS) is 12.2. The van der Waals surface area contributed by atoms with Crippen molar-refractivity contribution in [1.82, 2.24) is 15.5 Å². The molecular formula is C35H67N3O5. The summed E-state index contributed by atoms with van der Waals surface area (Å²) in [7, 11) is 3.53. The molecule has 1 aliphatic carbocycles. The summed E-state index contributed by atoms with van der Waals surface area (Å²) in [4.78, 5) is 37.7. The van der Waals surface area contributed by atoms with Crippen LogP contribution in [0.4, 0.5) is 0 Å². The number of Topliss-reactive ketones (excluding diaryl/α,β-unsaturated/α-hetero) is 1. The van der Waals surface area contributed by atoms with Crippen molar-refractivity contribution in [3.63, 3.8) is 0 Å². The second-order valence-electron chi connectivity index (χ2n) is 10.3. The monoisotopic (exact) mass is 610 g/mol. The first-order chi connectivity index (χ1) is 20.7. The number of carbonyl (C=O) groups is 3. The smallest absolute Gasteiger partial charge is 0.242 e. The van der Waals surface area contributed by atoms with E-state index >= 15 is 0 Å². The number of rotatable bonds is 13. The maximum absolute atomic E-state index is 12.4. The third kappa shape index (κ3) is 24.7. The number of benzene rings is 1. The average molecular weight is 610 g/mol. The second kappa shape index (κ2) is 32.5. The maximum Gasteiger partial charge on any atom is 0.242 e. The molecule has 2 amide bonds. The SMILES string of the molecule is C1CCCCC1.CC.CCC(C(=O)CO)N(CC)C(=O)CNC(=O)Cc1cc(C)cc(OC)c1.CCCC.CCCNC. The Morgan fingerprint density at radius 2 is 1.44 bits per heavy atom. The van der Waals surface area contributed by atoms with Crippen LogP contribution in [0.5, 0.6) is 5.75 Å². The number of likely N-dealkylation sites (N-methyl/N-ethyl adjacent to an activating group) is 1. The highest BCUT2D eigenvalue weighted by molar-refractivity contribution is 5.91. The number of methoxy groups -OCH3 is 1. The van der Waals surface area contributed by atoms with Crippen LogP contribution in [0.25, 0.3) is 0 Å². The van der Waals surface area contributed by atoms with E-state index in [0.717, 1.165) is 17.7 Å². The summed E-state index contributed by atoms with van der Waals surface area (Å²) in [5, 5.41) is 14.7. The molecule has 0 aromatic heterocycles. The van der Waals surface area contributed by atoms with Crippen LogP contribution < -0.4 is 15.4 Å². The Hall–Kier alpha value is -2.45. The first-order valence-electron chi connectivity index (χ1n) is 16.7. The van der Waals surface area contributed by atoms with E-state index in [0.29, 0.717) is 18.7 Å². The van der Waals surface area contributed by atoms with Gasteiger partial charge in [0, 0.05) is 6.54 Å². The minimum atomic E-state index is -0.671. The molecule has 43 heavy (non-hydrogen) atoms. The molecule has 0 heterocycles. The Morgan fingerprint density at radius 3 is 1.79 bits per heavy atom. The van der Waals surface area contributed by atoms with Crippen LogP contribution in [-0.2, 0) is 20.8 Å². The predicted octanol–water partition coefficient (Wildman–Crippen LogP) is 6.64. The second-order valence-corrected chi connectivity index (χ2v) is 10.3. The summed E-state index contributed by atoms with van der Waals surface area (Å²) in [6.45, 7) is 16.6. The summed E-state index contributed by atoms with van der Waals surface area (Å²) in [6.07, 6.45) is 13.4. The number of amides is 2. The third-order valence-corrected chi connectivity index (χ3v) is 6.60. The van der Waals surface area contributed by atoms with Crippen molar-refractivity contribution >= 4 is 17.6 Å². The van der Waals surface area contributed by atoms with Gasteiger partial charge in [-0.1, -0.05) is 99.0 Å². The Labute approximate surface area is 264 Å². The summed E-state index contributed by atoms with van der Waals surface area (Å²) in [6, 6.07) is 4.86. The fraction of sp³-hybridized carbons (Fsp3) is 0.743. The quantitative estimate of drug-likeness (QED) is 0.231. The van der Waals surface area contributed by atoms with Crippen LogP contribution in [0.15, 0.2) is 18.2 Å². The fourth-order valence-electron chi connectivity index (χ4n) is 4.18. The highest BCUT2D eigenvalue weighted by atomic mass is 16.5. The molecule has 8 nitrogen and oxygen atoms in total. The van der Waals surface area contributed by atoms with E-state index in [1.54, 1.807) is 27.0 Å². The number of nitrogens with one attached hydrogen (secondary N) is 2. The molecule has 0 radical (unpaired) electrons. The zero-order chi connectivity index (χ0) is 33.5. The minimum absolute atomic E-state index is 0.129. The molecule has 0 spiro atoms. The number of carbonyl (C=O) groups excluding carboxylic acids is 3. The summed E-state index contributed by atoms with van der Waals surface area (Å²) < 4.78 is 5.19. The van der Waals surface area contributed by atoms with E-state index in [4.69, 9.17) is 9.84 Å². The minimum Gasteiger partial charge on any atom is -0.497 e. The molecule has 1 unspecified atom stereocenters. The molecule has 2 rings (SSSR count). The van der Waals surface area contributed by atoms with E-state index in [9.17, 15) is 14.4 Å². The molecule has 1 aromatic rings. The van der Waals surface area contributed by atoms with Crippen molar-refractivity contribution in [2.24, 2.45) is 0 Å². The Kier molecular flexibility index (Phi) is 34.0. The van der Waals surface area contributed by atoms with Gasteiger partial charge in [0.25, 0.3) is 0 Å². The van der Waals surface area contributed by atoms with E-state index in [1.165, 1.54) is 62.7 Å². The van der Waals surface area contributed by atoms with Gasteiger partial charge in [0.15, 0.2) is 5.78 Å². The van der Waals surface area contributed by atoms with Crippen molar-refractivity contribution in [2.75, 3.05) is 40.4 Å². The molecule has 3 N–H and O–H groups in total. The van der Waals surface area contributed by atoms with E-state index in [1.807, 2.05) is 40.0 Å². The van der Waals surface area contributed by atoms with Crippen molar-refractivity contribution in [2.45, 2.75) is 132 Å². The van der Waals surface area contributed by atoms with Crippen LogP contribution in [0.3, 0.4) is 0 Å². The molecule has 0 aliphatic heterocycles. The number of hydrogen-bond acceptors (Lipinski definition) is 6. The Bertz CT molecular complexity index is 797. The molecule has 0 bridgehead atoms. The molecule has 1 atom stereocenters. The molecule has 252 valence electrons. The van der Waals surface area contributed by atoms with E-state index < -0.39 is 18.4 Å². The van der Waals surface area contributed by atoms with Crippen molar-refractivity contribution in [3.8, 4) is 5.75 Å². The number of unbranched alkanes of at least 4 members (excludes halogenated alkanes) is 1. The lowest BCUT2D eigenvalue weighted by Crippen LogP contribution is -2.49. The van der Waals surface area contributed by atoms with Gasteiger partial charge in [0.05, 0.1) is 26.1 Å². The van der Waals surface area contributed by atoms with Crippen LogP contribution in [-0.4, -0.2) is 74.0 Å². The zero-order valence-corrected chi connectivity index (χ0v) is 29.4. The number of aliphatic hydroxyl groups is 1. The van der Waals surface area contributed by atoms with Gasteiger partial charge in [-0.15, -0.1) is 0 Å². The first-order valence-corrected chi connectivity index (χ1v) is 16.7. The van der Waals surface area contributed by atoms with Gasteiger partial charge in [0.2, 0.25) is 11.8 Å². The molecule has 0 saturated heterocycles. The zero-order valence-electron chi connectivity index (χ0n) is 29.4. The molecule has 1 aliphatic rings. The molecular weight excluding hydrogens is 542 g/mol. The number of ether oxygens (including phenoxy) is 1. The van der Waals surface area contributed by atoms with Crippen molar-refractivity contribution in [3.05, 3.63) is 29.3 Å². The molecule has 8 heteroatoms. The van der Waals surface area contributed by atoms with Crippen molar-refractivity contribution in [1.29, 1.82) is 0 Å². The first kappa shape index (κ1) is 45.0. The lowest BCUT2D eigenvalue weighted by Gasteiger charge is -2.28. The van der Waals surface area contributed by atoms with Gasteiger partial charge < -0.3 is 25.4 Å². The third-order valence-electron chi connectivity index (χ3n) is 6.60. The molecule has 1 aromatic carbocycles. The van der Waals surface area contributed by atoms with E-state index in [-0.39, 0.29) is 24.8 Å². The van der Waals surface area contributed by atoms with E-state index in [2.05, 4.69) is 31.4 Å². The van der Waals surface area contributed by atoms with Gasteiger partial charge in [0.1, 0.15) is 12.4 Å². The average Bonchev–Trinajstić information content (AvgIpc) is 3.04. The predicted molar refractivity (Wildman–Crippen MR) is 182 cm³/mol. The van der Waals surface area contributed by atoms with Crippen LogP contribution in [0.2, 0.25) is 0 Å². The lowest BCUT2D eigenvalue weighted by molar-refractivity contribution is -0.140. The highest BCUT2D eigenvalue weighted by Gasteiger charge is 2.26. The standard InChI is InChI=1S/C19H28N2O5.C6H12.C4H11N.C4H10.C2H6/c1-5-16(17(23)12-22)21(6-2)19(25)11-20-18(24)10-14-7-13(3)8-15(9-14)26-4;1-2-4-6-5-3-1;1-3-4-5-2;1-3-4-2;1-2/h7-9,16,22H,5-6,10-12H2,1-4H3,(H,20,24);1-6H2;5H,3-4H2,1-2H3;3-4H2,1-2H3;1-2H3. The maximum atomic E-state index is 12.4. The number of nitrogens with zero attached hydrogens (tertiary/aromatic N) is 1. The number of hydrogen-bond donors (Lipinski definition) is 3. The lowest BCUT2D eigenvalue weighted by atomic mass is 10.0. The van der Waals surface area contributed by atoms with Crippen molar-refractivity contribution < 1.29 is 24.2 Å². The number of aryl methyl sites for hydroxylation is 1. The topological polar surface area (TPSA) is 108 Å². The van der Waals surface area contributed by atoms with Crippen LogP contribution in [0.1, 0.15) is 124 Å². The molecule has 1 saturated carbocycles. The van der Waals surface area contributed by atoms with Gasteiger partial charge in [-0.25, -0.2) is 0 Å². The van der Waals surface area contributed by atoms with Gasteiger partial charge >= 0.3 is 0 Å². The van der Waals surface area contributed by atoms with Crippen LogP contribution in [0, 0.1) is 6.92 Å².